The maximum atomic E-state index is 10.1. The van der Waals surface area contributed by atoms with Gasteiger partial charge >= 0.3 is 0 Å². The van der Waals surface area contributed by atoms with E-state index in [-0.39, 0.29) is 5.25 Å². The second-order valence-corrected chi connectivity index (χ2v) is 8.81. The lowest BCUT2D eigenvalue weighted by molar-refractivity contribution is 0.324. The topological polar surface area (TPSA) is 89.3 Å². The van der Waals surface area contributed by atoms with E-state index in [4.69, 9.17) is 19.2 Å². The molecule has 0 aliphatic rings. The van der Waals surface area contributed by atoms with E-state index in [1.54, 1.807) is 33.5 Å². The molecule has 8 heteroatoms. The molecule has 7 nitrogen and oxygen atoms in total. The number of nitrogens with zero attached hydrogens (tertiary/aromatic N) is 3. The van der Waals surface area contributed by atoms with Crippen LogP contribution in [-0.4, -0.2) is 36.5 Å². The molecule has 0 spiro atoms. The normalized spacial score (nSPS) is 10.6. The molecule has 3 aromatic rings. The van der Waals surface area contributed by atoms with Gasteiger partial charge in [-0.2, -0.15) is 5.26 Å². The highest BCUT2D eigenvalue weighted by Gasteiger charge is 2.21. The number of thioether (sulfide) groups is 1. The van der Waals surface area contributed by atoms with Crippen LogP contribution in [0.15, 0.2) is 41.6 Å². The van der Waals surface area contributed by atoms with E-state index in [1.165, 1.54) is 11.8 Å². The summed E-state index contributed by atoms with van der Waals surface area (Å²) in [6.07, 6.45) is 0. The van der Waals surface area contributed by atoms with Crippen molar-refractivity contribution in [3.05, 3.63) is 47.5 Å². The standard InChI is InChI=1S/C24H26N4O3S/c1-14(2)32-24-27-21(16-11-19(29-4)22(31-6)20(12-16)30-5)18(13-25)23(28-24)26-17-9-7-8-15(3)10-17/h7-12,14H,1-6H3,(H,26,27,28). The van der Waals surface area contributed by atoms with E-state index in [0.717, 1.165) is 11.3 Å². The highest BCUT2D eigenvalue weighted by atomic mass is 32.2. The number of aromatic nitrogens is 2. The van der Waals surface area contributed by atoms with Crippen molar-refractivity contribution in [2.75, 3.05) is 26.6 Å². The number of benzene rings is 2. The third kappa shape index (κ3) is 5.06. The minimum atomic E-state index is 0.266. The number of ether oxygens (including phenoxy) is 3. The van der Waals surface area contributed by atoms with Crippen LogP contribution in [0.2, 0.25) is 0 Å². The van der Waals surface area contributed by atoms with Gasteiger partial charge < -0.3 is 19.5 Å². The summed E-state index contributed by atoms with van der Waals surface area (Å²) in [5, 5.41) is 14.2. The molecule has 0 aliphatic carbocycles. The average molecular weight is 451 g/mol. The first-order valence-corrected chi connectivity index (χ1v) is 10.9. The fourth-order valence-corrected chi connectivity index (χ4v) is 3.90. The van der Waals surface area contributed by atoms with Gasteiger partial charge in [-0.05, 0) is 36.8 Å². The molecule has 0 saturated carbocycles. The lowest BCUT2D eigenvalue weighted by Gasteiger charge is -2.17. The highest BCUT2D eigenvalue weighted by molar-refractivity contribution is 7.99. The number of methoxy groups -OCH3 is 3. The van der Waals surface area contributed by atoms with Crippen molar-refractivity contribution < 1.29 is 14.2 Å². The predicted octanol–water partition coefficient (Wildman–Crippen LogP) is 5.59. The second kappa shape index (κ2) is 10.2. The summed E-state index contributed by atoms with van der Waals surface area (Å²) in [4.78, 5) is 9.36. The Hall–Kier alpha value is -3.44. The molecular formula is C24H26N4O3S. The van der Waals surface area contributed by atoms with Crippen LogP contribution in [0.4, 0.5) is 11.5 Å². The molecule has 0 aliphatic heterocycles. The molecule has 0 atom stereocenters. The van der Waals surface area contributed by atoms with Crippen molar-refractivity contribution in [3.8, 4) is 34.6 Å². The van der Waals surface area contributed by atoms with Crippen LogP contribution in [-0.2, 0) is 0 Å². The Morgan fingerprint density at radius 1 is 1.00 bits per heavy atom. The van der Waals surface area contributed by atoms with Gasteiger partial charge in [-0.1, -0.05) is 37.7 Å². The monoisotopic (exact) mass is 450 g/mol. The SMILES string of the molecule is COc1cc(-c2nc(SC(C)C)nc(Nc3cccc(C)c3)c2C#N)cc(OC)c1OC. The molecular weight excluding hydrogens is 424 g/mol. The van der Waals surface area contributed by atoms with Crippen LogP contribution in [0.3, 0.4) is 0 Å². The molecule has 0 amide bonds. The third-order valence-corrected chi connectivity index (χ3v) is 5.43. The van der Waals surface area contributed by atoms with E-state index in [9.17, 15) is 5.26 Å². The Labute approximate surface area is 192 Å². The van der Waals surface area contributed by atoms with Crippen LogP contribution in [0.25, 0.3) is 11.3 Å². The van der Waals surface area contributed by atoms with E-state index in [1.807, 2.05) is 31.2 Å². The van der Waals surface area contributed by atoms with Gasteiger partial charge in [0.2, 0.25) is 5.75 Å². The van der Waals surface area contributed by atoms with Gasteiger partial charge in [0.05, 0.1) is 27.0 Å². The van der Waals surface area contributed by atoms with Crippen molar-refractivity contribution in [1.82, 2.24) is 9.97 Å². The summed E-state index contributed by atoms with van der Waals surface area (Å²) < 4.78 is 16.4. The molecule has 3 rings (SSSR count). The third-order valence-electron chi connectivity index (χ3n) is 4.56. The minimum Gasteiger partial charge on any atom is -0.493 e. The summed E-state index contributed by atoms with van der Waals surface area (Å²) in [5.74, 6) is 1.88. The molecule has 0 unspecified atom stereocenters. The number of anilines is 2. The fraction of sp³-hybridized carbons (Fsp3) is 0.292. The maximum absolute atomic E-state index is 10.1. The van der Waals surface area contributed by atoms with Crippen molar-refractivity contribution in [3.63, 3.8) is 0 Å². The molecule has 1 N–H and O–H groups in total. The lowest BCUT2D eigenvalue weighted by Crippen LogP contribution is -2.05. The summed E-state index contributed by atoms with van der Waals surface area (Å²) in [5.41, 5.74) is 3.42. The number of aryl methyl sites for hydroxylation is 1. The molecule has 2 aromatic carbocycles. The first kappa shape index (κ1) is 23.2. The Balaban J connectivity index is 2.24. The van der Waals surface area contributed by atoms with Gasteiger partial charge in [0, 0.05) is 16.5 Å². The van der Waals surface area contributed by atoms with Crippen molar-refractivity contribution in [1.29, 1.82) is 5.26 Å². The molecule has 1 aromatic heterocycles. The van der Waals surface area contributed by atoms with Gasteiger partial charge in [-0.25, -0.2) is 9.97 Å². The molecule has 0 fully saturated rings. The summed E-state index contributed by atoms with van der Waals surface area (Å²) in [6, 6.07) is 13.7. The zero-order valence-corrected chi connectivity index (χ0v) is 19.8. The molecule has 0 bridgehead atoms. The maximum Gasteiger partial charge on any atom is 0.203 e. The van der Waals surface area contributed by atoms with E-state index < -0.39 is 0 Å². The Morgan fingerprint density at radius 3 is 2.22 bits per heavy atom. The van der Waals surface area contributed by atoms with Crippen LogP contribution in [0.1, 0.15) is 25.0 Å². The van der Waals surface area contributed by atoms with Crippen LogP contribution in [0, 0.1) is 18.3 Å². The van der Waals surface area contributed by atoms with Gasteiger partial charge in [-0.3, -0.25) is 0 Å². The van der Waals surface area contributed by atoms with E-state index in [0.29, 0.717) is 45.0 Å². The quantitative estimate of drug-likeness (QED) is 0.351. The van der Waals surface area contributed by atoms with Gasteiger partial charge in [0.1, 0.15) is 11.6 Å². The predicted molar refractivity (Wildman–Crippen MR) is 127 cm³/mol. The zero-order chi connectivity index (χ0) is 23.3. The Bertz CT molecular complexity index is 1130. The average Bonchev–Trinajstić information content (AvgIpc) is 2.77. The molecule has 0 radical (unpaired) electrons. The Kier molecular flexibility index (Phi) is 7.44. The first-order valence-electron chi connectivity index (χ1n) is 10.0. The minimum absolute atomic E-state index is 0.266. The number of nitrogens with one attached hydrogen (secondary N) is 1. The fourth-order valence-electron chi connectivity index (χ4n) is 3.19. The van der Waals surface area contributed by atoms with Gasteiger partial charge in [0.25, 0.3) is 0 Å². The summed E-state index contributed by atoms with van der Waals surface area (Å²) in [6.45, 7) is 6.15. The van der Waals surface area contributed by atoms with Crippen LogP contribution >= 0.6 is 11.8 Å². The number of hydrogen-bond acceptors (Lipinski definition) is 8. The van der Waals surface area contributed by atoms with E-state index >= 15 is 0 Å². The van der Waals surface area contributed by atoms with Crippen molar-refractivity contribution >= 4 is 23.3 Å². The lowest BCUT2D eigenvalue weighted by atomic mass is 10.1. The van der Waals surface area contributed by atoms with Crippen LogP contribution in [0.5, 0.6) is 17.2 Å². The van der Waals surface area contributed by atoms with Crippen molar-refractivity contribution in [2.45, 2.75) is 31.2 Å². The smallest absolute Gasteiger partial charge is 0.203 e. The summed E-state index contributed by atoms with van der Waals surface area (Å²) in [7, 11) is 4.65. The first-order chi connectivity index (χ1) is 15.4. The van der Waals surface area contributed by atoms with Gasteiger partial charge in [-0.15, -0.1) is 0 Å². The highest BCUT2D eigenvalue weighted by Crippen LogP contribution is 2.42. The number of nitriles is 1. The van der Waals surface area contributed by atoms with Crippen molar-refractivity contribution in [2.24, 2.45) is 0 Å². The zero-order valence-electron chi connectivity index (χ0n) is 19.0. The molecule has 166 valence electrons. The van der Waals surface area contributed by atoms with Crippen LogP contribution < -0.4 is 19.5 Å². The van der Waals surface area contributed by atoms with Gasteiger partial charge in [0.15, 0.2) is 22.5 Å². The molecule has 1 heterocycles. The number of rotatable bonds is 8. The number of hydrogen-bond donors (Lipinski definition) is 1. The molecule has 0 saturated heterocycles. The largest absolute Gasteiger partial charge is 0.493 e. The Morgan fingerprint density at radius 2 is 1.69 bits per heavy atom. The molecule has 32 heavy (non-hydrogen) atoms. The second-order valence-electron chi connectivity index (χ2n) is 7.27. The summed E-state index contributed by atoms with van der Waals surface area (Å²) >= 11 is 1.52. The van der Waals surface area contributed by atoms with E-state index in [2.05, 4.69) is 30.2 Å².